The lowest BCUT2D eigenvalue weighted by Gasteiger charge is -2.24. The zero-order valence-corrected chi connectivity index (χ0v) is 11.0. The third-order valence-electron chi connectivity index (χ3n) is 2.06. The van der Waals surface area contributed by atoms with E-state index >= 15 is 0 Å². The van der Waals surface area contributed by atoms with Crippen molar-refractivity contribution in [2.75, 3.05) is 0 Å². The van der Waals surface area contributed by atoms with Crippen LogP contribution < -0.4 is 15.5 Å². The molecule has 0 heterocycles. The molecule has 16 heavy (non-hydrogen) atoms. The van der Waals surface area contributed by atoms with Gasteiger partial charge in [0, 0.05) is 5.30 Å². The Balaban J connectivity index is 3.40. The summed E-state index contributed by atoms with van der Waals surface area (Å²) < 4.78 is 32.6. The molecule has 0 saturated carbocycles. The van der Waals surface area contributed by atoms with Crippen molar-refractivity contribution in [3.8, 4) is 5.75 Å². The molecule has 1 atom stereocenters. The van der Waals surface area contributed by atoms with E-state index in [1.165, 1.54) is 6.92 Å². The second kappa shape index (κ2) is 4.33. The summed E-state index contributed by atoms with van der Waals surface area (Å²) in [5, 5.41) is 0.360. The van der Waals surface area contributed by atoms with Gasteiger partial charge in [-0.15, -0.1) is 9.24 Å². The molecule has 0 N–H and O–H groups in total. The van der Waals surface area contributed by atoms with Gasteiger partial charge in [0.1, 0.15) is 19.3 Å². The van der Waals surface area contributed by atoms with E-state index in [1.807, 2.05) is 0 Å². The van der Waals surface area contributed by atoms with Crippen molar-refractivity contribution in [1.29, 1.82) is 0 Å². The molecule has 0 bridgehead atoms. The predicted octanol–water partition coefficient (Wildman–Crippen LogP) is 1.74. The molecule has 86 valence electrons. The Morgan fingerprint density at radius 3 is 2.12 bits per heavy atom. The molecule has 0 spiro atoms. The largest absolute Gasteiger partial charge is 0.484 e. The number of ether oxygens (including phenoxy) is 1. The van der Waals surface area contributed by atoms with Gasteiger partial charge in [-0.3, -0.25) is 0 Å². The third kappa shape index (κ3) is 2.54. The third-order valence-corrected chi connectivity index (χ3v) is 2.75. The molecule has 0 fully saturated rings. The Labute approximate surface area is 98.2 Å². The van der Waals surface area contributed by atoms with Crippen molar-refractivity contribution in [2.24, 2.45) is 0 Å². The van der Waals surface area contributed by atoms with Crippen LogP contribution in [0.1, 0.15) is 26.3 Å². The van der Waals surface area contributed by atoms with Crippen LogP contribution in [0.4, 0.5) is 8.78 Å². The molecule has 0 aliphatic heterocycles. The molecule has 0 aromatic heterocycles. The fraction of sp³-hybridized carbons (Fsp3) is 0.455. The van der Waals surface area contributed by atoms with Gasteiger partial charge in [0.2, 0.25) is 0 Å². The second-order valence-corrected chi connectivity index (χ2v) is 5.20. The lowest BCUT2D eigenvalue weighted by molar-refractivity contribution is 0.126. The van der Waals surface area contributed by atoms with Gasteiger partial charge in [-0.05, 0) is 38.7 Å². The first kappa shape index (κ1) is 13.4. The summed E-state index contributed by atoms with van der Waals surface area (Å²) in [7, 11) is 7.61. The summed E-state index contributed by atoms with van der Waals surface area (Å²) in [6.07, 6.45) is 0. The summed E-state index contributed by atoms with van der Waals surface area (Å²) in [5.74, 6) is -1.58. The summed E-state index contributed by atoms with van der Waals surface area (Å²) in [6, 6.07) is 0. The van der Waals surface area contributed by atoms with E-state index in [4.69, 9.17) is 12.6 Å². The highest BCUT2D eigenvalue weighted by molar-refractivity contribution is 7.28. The quantitative estimate of drug-likeness (QED) is 0.538. The Morgan fingerprint density at radius 2 is 1.69 bits per heavy atom. The van der Waals surface area contributed by atoms with E-state index < -0.39 is 22.7 Å². The molecule has 1 nitrogen and oxygen atoms in total. The van der Waals surface area contributed by atoms with Gasteiger partial charge < -0.3 is 4.74 Å². The lowest BCUT2D eigenvalue weighted by Crippen LogP contribution is -2.30. The topological polar surface area (TPSA) is 9.23 Å². The number of halogens is 2. The molecule has 1 unspecified atom stereocenters. The Kier molecular flexibility index (Phi) is 3.64. The first-order valence-electron chi connectivity index (χ1n) is 4.86. The molecule has 2 radical (unpaired) electrons. The predicted molar refractivity (Wildman–Crippen MR) is 66.2 cm³/mol. The van der Waals surface area contributed by atoms with Crippen molar-refractivity contribution >= 4 is 27.9 Å². The maximum atomic E-state index is 13.7. The van der Waals surface area contributed by atoms with Gasteiger partial charge in [0.25, 0.3) is 0 Å². The van der Waals surface area contributed by atoms with Crippen LogP contribution in [-0.2, 0) is 0 Å². The summed E-state index contributed by atoms with van der Waals surface area (Å²) in [4.78, 5) is 0. The highest BCUT2D eigenvalue weighted by Gasteiger charge is 2.22. The minimum atomic E-state index is -0.844. The van der Waals surface area contributed by atoms with Crippen LogP contribution in [0.3, 0.4) is 0 Å². The monoisotopic (exact) mass is 242 g/mol. The number of rotatable bonds is 1. The van der Waals surface area contributed by atoms with Crippen LogP contribution in [0.25, 0.3) is 0 Å². The van der Waals surface area contributed by atoms with Gasteiger partial charge in [-0.1, -0.05) is 0 Å². The highest BCUT2D eigenvalue weighted by Crippen LogP contribution is 2.23. The van der Waals surface area contributed by atoms with Crippen molar-refractivity contribution in [2.45, 2.75) is 33.3 Å². The van der Waals surface area contributed by atoms with Crippen molar-refractivity contribution in [3.63, 3.8) is 0 Å². The van der Waals surface area contributed by atoms with E-state index in [0.29, 0.717) is 5.30 Å². The molecule has 0 saturated heterocycles. The summed E-state index contributed by atoms with van der Waals surface area (Å²) in [5.41, 5.74) is -0.783. The van der Waals surface area contributed by atoms with E-state index in [0.717, 1.165) is 0 Å². The van der Waals surface area contributed by atoms with Crippen molar-refractivity contribution in [1.82, 2.24) is 0 Å². The molecule has 5 heteroatoms. The van der Waals surface area contributed by atoms with Crippen LogP contribution in [0.15, 0.2) is 0 Å². The van der Waals surface area contributed by atoms with Gasteiger partial charge in [-0.25, -0.2) is 8.78 Å². The molecular formula is C11H14BF2OP. The molecule has 0 amide bonds. The number of hydrogen-bond donors (Lipinski definition) is 0. The fourth-order valence-electron chi connectivity index (χ4n) is 1.23. The van der Waals surface area contributed by atoms with E-state index in [-0.39, 0.29) is 11.3 Å². The zero-order chi connectivity index (χ0) is 12.7. The van der Waals surface area contributed by atoms with Gasteiger partial charge >= 0.3 is 0 Å². The highest BCUT2D eigenvalue weighted by atomic mass is 31.0. The number of hydrogen-bond acceptors (Lipinski definition) is 1. The summed E-state index contributed by atoms with van der Waals surface area (Å²) in [6.45, 7) is 6.88. The van der Waals surface area contributed by atoms with Crippen LogP contribution in [0, 0.1) is 18.6 Å². The molecule has 1 aromatic rings. The standard InChI is InChI=1S/C11H14BF2OP/c1-5-7(13)6(12)8(14)9(10(5)16)15-11(2,3)4/h16H2,1-4H3. The maximum Gasteiger partial charge on any atom is 0.162 e. The molecule has 1 rings (SSSR count). The Morgan fingerprint density at radius 1 is 1.19 bits per heavy atom. The van der Waals surface area contributed by atoms with Crippen LogP contribution in [-0.4, -0.2) is 13.4 Å². The minimum Gasteiger partial charge on any atom is -0.484 e. The van der Waals surface area contributed by atoms with Gasteiger partial charge in [0.15, 0.2) is 11.6 Å². The SMILES string of the molecule is [B]c1c(F)c(C)c(P)c(OC(C)(C)C)c1F. The average Bonchev–Trinajstić information content (AvgIpc) is 2.17. The lowest BCUT2D eigenvalue weighted by atomic mass is 9.92. The fourth-order valence-corrected chi connectivity index (χ4v) is 1.55. The first-order valence-corrected chi connectivity index (χ1v) is 5.44. The summed E-state index contributed by atoms with van der Waals surface area (Å²) >= 11 is 0. The van der Waals surface area contributed by atoms with Gasteiger partial charge in [0.05, 0.1) is 0 Å². The molecule has 1 aromatic carbocycles. The van der Waals surface area contributed by atoms with Gasteiger partial charge in [-0.2, -0.15) is 0 Å². The second-order valence-electron chi connectivity index (χ2n) is 4.62. The van der Waals surface area contributed by atoms with Crippen LogP contribution in [0.2, 0.25) is 0 Å². The first-order chi connectivity index (χ1) is 7.15. The van der Waals surface area contributed by atoms with E-state index in [2.05, 4.69) is 9.24 Å². The Bertz CT molecular complexity index is 398. The molecule has 0 aliphatic carbocycles. The van der Waals surface area contributed by atoms with Crippen molar-refractivity contribution in [3.05, 3.63) is 17.2 Å². The molecular weight excluding hydrogens is 228 g/mol. The maximum absolute atomic E-state index is 13.7. The normalized spacial score (nSPS) is 11.7. The number of benzene rings is 1. The smallest absolute Gasteiger partial charge is 0.162 e. The van der Waals surface area contributed by atoms with Crippen LogP contribution in [0.5, 0.6) is 5.75 Å². The minimum absolute atomic E-state index is 0.00565. The van der Waals surface area contributed by atoms with E-state index in [1.54, 1.807) is 20.8 Å². The van der Waals surface area contributed by atoms with Crippen LogP contribution >= 0.6 is 9.24 Å². The van der Waals surface area contributed by atoms with E-state index in [9.17, 15) is 8.78 Å². The molecule has 0 aliphatic rings. The van der Waals surface area contributed by atoms with Crippen molar-refractivity contribution < 1.29 is 13.5 Å². The Hall–Kier alpha value is -0.625. The average molecular weight is 242 g/mol. The zero-order valence-electron chi connectivity index (χ0n) is 9.82.